The Bertz CT molecular complexity index is 851. The quantitative estimate of drug-likeness (QED) is 0.797. The zero-order chi connectivity index (χ0) is 17.1. The summed E-state index contributed by atoms with van der Waals surface area (Å²) in [6, 6.07) is 17.4. The van der Waals surface area contributed by atoms with E-state index in [0.29, 0.717) is 0 Å². The third-order valence-corrected chi connectivity index (χ3v) is 4.31. The van der Waals surface area contributed by atoms with E-state index in [-0.39, 0.29) is 11.6 Å². The average Bonchev–Trinajstić information content (AvgIpc) is 3.35. The van der Waals surface area contributed by atoms with Gasteiger partial charge in [0.25, 0.3) is 5.91 Å². The second kappa shape index (κ2) is 6.76. The maximum Gasteiger partial charge on any atom is 0.277 e. The topological polar surface area (TPSA) is 63.1 Å². The largest absolute Gasteiger partial charge is 0.372 e. The van der Waals surface area contributed by atoms with Crippen molar-refractivity contribution in [3.8, 4) is 5.69 Å². The van der Waals surface area contributed by atoms with Gasteiger partial charge in [0.1, 0.15) is 0 Å². The number of para-hydroxylation sites is 1. The first kappa shape index (κ1) is 15.4. The van der Waals surface area contributed by atoms with Gasteiger partial charge in [-0.25, -0.2) is 0 Å². The molecule has 1 aliphatic heterocycles. The number of hydrogen-bond donors (Lipinski definition) is 1. The van der Waals surface area contributed by atoms with Crippen molar-refractivity contribution in [1.82, 2.24) is 15.0 Å². The SMILES string of the molecule is O=C(Nc1ccc(N2CCCC2)cc1)c1cnn(-c2ccccc2)n1. The van der Waals surface area contributed by atoms with Gasteiger partial charge in [0.05, 0.1) is 11.9 Å². The molecule has 6 nitrogen and oxygen atoms in total. The number of anilines is 2. The van der Waals surface area contributed by atoms with E-state index < -0.39 is 0 Å². The third kappa shape index (κ3) is 3.38. The van der Waals surface area contributed by atoms with E-state index in [2.05, 4.69) is 20.4 Å². The van der Waals surface area contributed by atoms with Gasteiger partial charge in [-0.3, -0.25) is 4.79 Å². The van der Waals surface area contributed by atoms with Gasteiger partial charge in [-0.05, 0) is 49.2 Å². The van der Waals surface area contributed by atoms with Crippen molar-refractivity contribution in [2.45, 2.75) is 12.8 Å². The molecular weight excluding hydrogens is 314 g/mol. The van der Waals surface area contributed by atoms with Gasteiger partial charge < -0.3 is 10.2 Å². The Hall–Kier alpha value is -3.15. The molecule has 4 rings (SSSR count). The van der Waals surface area contributed by atoms with Crippen LogP contribution in [0.5, 0.6) is 0 Å². The van der Waals surface area contributed by atoms with Crippen LogP contribution >= 0.6 is 0 Å². The fourth-order valence-corrected chi connectivity index (χ4v) is 2.98. The number of nitrogens with one attached hydrogen (secondary N) is 1. The lowest BCUT2D eigenvalue weighted by atomic mass is 10.2. The highest BCUT2D eigenvalue weighted by atomic mass is 16.2. The van der Waals surface area contributed by atoms with E-state index in [9.17, 15) is 4.79 Å². The molecule has 2 heterocycles. The zero-order valence-corrected chi connectivity index (χ0v) is 13.8. The van der Waals surface area contributed by atoms with Gasteiger partial charge in [-0.1, -0.05) is 18.2 Å². The minimum absolute atomic E-state index is 0.267. The predicted octanol–water partition coefficient (Wildman–Crippen LogP) is 3.12. The molecule has 1 fully saturated rings. The van der Waals surface area contributed by atoms with Crippen LogP contribution < -0.4 is 10.2 Å². The first-order valence-corrected chi connectivity index (χ1v) is 8.44. The number of amides is 1. The van der Waals surface area contributed by atoms with Crippen molar-refractivity contribution < 1.29 is 4.79 Å². The van der Waals surface area contributed by atoms with Gasteiger partial charge in [0, 0.05) is 24.5 Å². The smallest absolute Gasteiger partial charge is 0.277 e. The molecule has 6 heteroatoms. The number of hydrogen-bond acceptors (Lipinski definition) is 4. The number of aromatic nitrogens is 3. The van der Waals surface area contributed by atoms with Crippen LogP contribution in [0, 0.1) is 0 Å². The van der Waals surface area contributed by atoms with E-state index in [0.717, 1.165) is 24.5 Å². The van der Waals surface area contributed by atoms with E-state index >= 15 is 0 Å². The highest BCUT2D eigenvalue weighted by Gasteiger charge is 2.14. The third-order valence-electron chi connectivity index (χ3n) is 4.31. The molecule has 0 unspecified atom stereocenters. The minimum atomic E-state index is -0.267. The molecule has 2 aromatic carbocycles. The fourth-order valence-electron chi connectivity index (χ4n) is 2.98. The van der Waals surface area contributed by atoms with Crippen LogP contribution in [0.2, 0.25) is 0 Å². The summed E-state index contributed by atoms with van der Waals surface area (Å²) in [5, 5.41) is 11.3. The summed E-state index contributed by atoms with van der Waals surface area (Å²) in [5.74, 6) is -0.267. The molecule has 0 radical (unpaired) electrons. The van der Waals surface area contributed by atoms with Crippen LogP contribution in [0.15, 0.2) is 60.8 Å². The molecule has 0 saturated carbocycles. The van der Waals surface area contributed by atoms with Crippen molar-refractivity contribution in [3.05, 3.63) is 66.5 Å². The lowest BCUT2D eigenvalue weighted by molar-refractivity contribution is 0.102. The molecule has 1 amide bonds. The highest BCUT2D eigenvalue weighted by molar-refractivity contribution is 6.02. The van der Waals surface area contributed by atoms with Crippen LogP contribution in [0.3, 0.4) is 0 Å². The van der Waals surface area contributed by atoms with Crippen molar-refractivity contribution >= 4 is 17.3 Å². The van der Waals surface area contributed by atoms with Crippen molar-refractivity contribution in [2.75, 3.05) is 23.3 Å². The predicted molar refractivity (Wildman–Crippen MR) is 97.2 cm³/mol. The average molecular weight is 333 g/mol. The van der Waals surface area contributed by atoms with Crippen LogP contribution in [-0.4, -0.2) is 34.0 Å². The van der Waals surface area contributed by atoms with Crippen LogP contribution in [-0.2, 0) is 0 Å². The fraction of sp³-hybridized carbons (Fsp3) is 0.211. The maximum absolute atomic E-state index is 12.4. The Morgan fingerprint density at radius 3 is 2.36 bits per heavy atom. The highest BCUT2D eigenvalue weighted by Crippen LogP contribution is 2.22. The Balaban J connectivity index is 1.44. The first-order valence-electron chi connectivity index (χ1n) is 8.44. The maximum atomic E-state index is 12.4. The number of nitrogens with zero attached hydrogens (tertiary/aromatic N) is 4. The van der Waals surface area contributed by atoms with E-state index in [1.807, 2.05) is 54.6 Å². The molecule has 3 aromatic rings. The van der Waals surface area contributed by atoms with Gasteiger partial charge >= 0.3 is 0 Å². The Morgan fingerprint density at radius 2 is 1.64 bits per heavy atom. The molecule has 1 N–H and O–H groups in total. The Morgan fingerprint density at radius 1 is 0.920 bits per heavy atom. The van der Waals surface area contributed by atoms with Crippen molar-refractivity contribution in [1.29, 1.82) is 0 Å². The number of carbonyl (C=O) groups is 1. The summed E-state index contributed by atoms with van der Waals surface area (Å²) in [7, 11) is 0. The molecule has 1 aromatic heterocycles. The second-order valence-corrected chi connectivity index (χ2v) is 6.05. The first-order chi connectivity index (χ1) is 12.3. The Labute approximate surface area is 146 Å². The lowest BCUT2D eigenvalue weighted by Crippen LogP contribution is -2.17. The van der Waals surface area contributed by atoms with Gasteiger partial charge in [-0.15, -0.1) is 5.10 Å². The number of carbonyl (C=O) groups excluding carboxylic acids is 1. The number of benzene rings is 2. The molecule has 25 heavy (non-hydrogen) atoms. The zero-order valence-electron chi connectivity index (χ0n) is 13.8. The Kier molecular flexibility index (Phi) is 4.16. The van der Waals surface area contributed by atoms with Crippen LogP contribution in [0.4, 0.5) is 11.4 Å². The van der Waals surface area contributed by atoms with Gasteiger partial charge in [0.2, 0.25) is 0 Å². The lowest BCUT2D eigenvalue weighted by Gasteiger charge is -2.17. The summed E-state index contributed by atoms with van der Waals surface area (Å²) in [6.07, 6.45) is 3.96. The molecule has 1 aliphatic rings. The molecule has 0 spiro atoms. The normalized spacial score (nSPS) is 13.8. The van der Waals surface area contributed by atoms with Crippen LogP contribution in [0.25, 0.3) is 5.69 Å². The number of rotatable bonds is 4. The summed E-state index contributed by atoms with van der Waals surface area (Å²) >= 11 is 0. The molecule has 0 atom stereocenters. The summed E-state index contributed by atoms with van der Waals surface area (Å²) in [4.78, 5) is 16.2. The second-order valence-electron chi connectivity index (χ2n) is 6.05. The minimum Gasteiger partial charge on any atom is -0.372 e. The van der Waals surface area contributed by atoms with E-state index in [4.69, 9.17) is 0 Å². The van der Waals surface area contributed by atoms with Crippen molar-refractivity contribution in [3.63, 3.8) is 0 Å². The molecule has 126 valence electrons. The standard InChI is InChI=1S/C19H19N5O/c25-19(18-14-20-24(22-18)17-6-2-1-3-7-17)21-15-8-10-16(11-9-15)23-12-4-5-13-23/h1-3,6-11,14H,4-5,12-13H2,(H,21,25). The monoisotopic (exact) mass is 333 g/mol. The van der Waals surface area contributed by atoms with Crippen molar-refractivity contribution in [2.24, 2.45) is 0 Å². The summed E-state index contributed by atoms with van der Waals surface area (Å²) in [5.41, 5.74) is 3.05. The van der Waals surface area contributed by atoms with E-state index in [1.54, 1.807) is 0 Å². The summed E-state index contributed by atoms with van der Waals surface area (Å²) in [6.45, 7) is 2.21. The van der Waals surface area contributed by atoms with Gasteiger partial charge in [0.15, 0.2) is 5.69 Å². The molecular formula is C19H19N5O. The van der Waals surface area contributed by atoms with Gasteiger partial charge in [-0.2, -0.15) is 9.90 Å². The molecule has 0 aliphatic carbocycles. The molecule has 1 saturated heterocycles. The molecule has 0 bridgehead atoms. The van der Waals surface area contributed by atoms with Crippen LogP contribution in [0.1, 0.15) is 23.3 Å². The van der Waals surface area contributed by atoms with E-state index in [1.165, 1.54) is 29.5 Å². The summed E-state index contributed by atoms with van der Waals surface area (Å²) < 4.78 is 0.